The van der Waals surface area contributed by atoms with Gasteiger partial charge in [-0.3, -0.25) is 38.6 Å². The maximum Gasteiger partial charge on any atom is 0.326 e. The van der Waals surface area contributed by atoms with Crippen LogP contribution in [0.2, 0.25) is 0 Å². The average molecular weight is 1020 g/mol. The third kappa shape index (κ3) is 18.5. The number of likely N-dealkylation sites (tertiary alicyclic amines) is 1. The molecule has 24 heteroatoms. The quantitative estimate of drug-likeness (QED) is 0.0221. The number of rotatable bonds is 29. The Kier molecular flexibility index (Phi) is 23.3. The highest BCUT2D eigenvalue weighted by Gasteiger charge is 2.40. The number of nitrogens with zero attached hydrogens (tertiary/aromatic N) is 3. The summed E-state index contributed by atoms with van der Waals surface area (Å²) in [4.78, 5) is 122. The van der Waals surface area contributed by atoms with E-state index in [2.05, 4.69) is 52.2 Å². The number of aromatic hydroxyl groups is 1. The first kappa shape index (κ1) is 57.4. The third-order valence-corrected chi connectivity index (χ3v) is 12.6. The molecule has 1 aliphatic heterocycles. The first-order valence-electron chi connectivity index (χ1n) is 23.8. The number of imidazole rings is 1. The van der Waals surface area contributed by atoms with Crippen molar-refractivity contribution >= 4 is 65.0 Å². The van der Waals surface area contributed by atoms with Crippen molar-refractivity contribution in [1.82, 2.24) is 52.1 Å². The molecule has 4 rings (SSSR count). The Morgan fingerprint density at radius 2 is 1.44 bits per heavy atom. The standard InChI is InChI=1S/C48H69N13O10S/c1-5-72-26-37(43(66)57-35(23-31-24-52-27-54-31)46(69)61-20-10-14-38(61)44(67)58-36(47(70)71)22-29-11-7-6-8-12-29)59-42(65)34(21-30-15-17-32(62)18-16-30)56-45(68)40(28(2)3)60-41(64)33(55-39(63)25-51-4)13-9-19-53-48(49)50/h6-8,11-12,15-18,24,27-28,33-38,40,51,62H,5,9-10,13-14,19-23,25-26H2,1-4H3,(H,52,54)(H,55,63)(H,56,68)(H,57,66)(H,58,67)(H,59,65)(H,60,64)(H,70,71)(H4,49,50,53)/t33-,34-,35-,36-,37-,38-,40-/m0/s1. The van der Waals surface area contributed by atoms with Crippen molar-refractivity contribution in [3.05, 3.63) is 83.9 Å². The number of aliphatic imine (C=N–C) groups is 1. The monoisotopic (exact) mass is 1020 g/mol. The first-order valence-corrected chi connectivity index (χ1v) is 25.0. The Balaban J connectivity index is 1.57. The van der Waals surface area contributed by atoms with Crippen LogP contribution in [0, 0.1) is 5.92 Å². The SMILES string of the molecule is CCSC[C@H](NC(=O)[C@H](Cc1ccc(O)cc1)NC(=O)[C@@H](NC(=O)[C@H](CCCN=C(N)N)NC(=O)CNC)C(C)C)C(=O)N[C@@H](Cc1cnc[nH]1)C(=O)N1CCC[C@H]1C(=O)N[C@@H](Cc1ccccc1)C(=O)O. The topological polar surface area (TPSA) is 358 Å². The minimum atomic E-state index is -1.35. The molecule has 7 amide bonds. The van der Waals surface area contributed by atoms with Crippen molar-refractivity contribution in [3.63, 3.8) is 0 Å². The fraction of sp³-hybridized carbons (Fsp3) is 0.500. The molecule has 0 spiro atoms. The van der Waals surface area contributed by atoms with Crippen molar-refractivity contribution < 1.29 is 48.6 Å². The molecule has 1 aromatic heterocycles. The molecule has 3 aromatic rings. The zero-order valence-corrected chi connectivity index (χ0v) is 41.8. The number of aromatic amines is 1. The van der Waals surface area contributed by atoms with Gasteiger partial charge in [-0.15, -0.1) is 0 Å². The van der Waals surface area contributed by atoms with E-state index >= 15 is 0 Å². The number of carbonyl (C=O) groups is 8. The lowest BCUT2D eigenvalue weighted by Gasteiger charge is -2.31. The number of benzene rings is 2. The van der Waals surface area contributed by atoms with E-state index in [0.717, 1.165) is 0 Å². The summed E-state index contributed by atoms with van der Waals surface area (Å²) in [6.45, 7) is 5.47. The maximum absolute atomic E-state index is 14.5. The number of likely N-dealkylation sites (N-methyl/N-ethyl adjacent to an activating group) is 1. The Bertz CT molecular complexity index is 2300. The summed E-state index contributed by atoms with van der Waals surface area (Å²) in [5.74, 6) is -6.05. The van der Waals surface area contributed by atoms with Gasteiger partial charge in [0.25, 0.3) is 0 Å². The Morgan fingerprint density at radius 3 is 2.07 bits per heavy atom. The number of carboxylic acids is 1. The highest BCUT2D eigenvalue weighted by molar-refractivity contribution is 7.99. The molecule has 1 fully saturated rings. The predicted octanol–water partition coefficient (Wildman–Crippen LogP) is -1.19. The second-order valence-corrected chi connectivity index (χ2v) is 18.9. The van der Waals surface area contributed by atoms with E-state index in [9.17, 15) is 48.6 Å². The van der Waals surface area contributed by atoms with Gasteiger partial charge in [0, 0.05) is 50.0 Å². The highest BCUT2D eigenvalue weighted by Crippen LogP contribution is 2.21. The molecule has 72 heavy (non-hydrogen) atoms. The van der Waals surface area contributed by atoms with Gasteiger partial charge in [-0.25, -0.2) is 9.78 Å². The number of guanidine groups is 1. The van der Waals surface area contributed by atoms with Gasteiger partial charge < -0.3 is 68.8 Å². The van der Waals surface area contributed by atoms with Gasteiger partial charge in [-0.1, -0.05) is 63.2 Å². The molecular weight excluding hydrogens is 951 g/mol. The molecule has 7 atom stereocenters. The van der Waals surface area contributed by atoms with Crippen molar-refractivity contribution in [2.24, 2.45) is 22.4 Å². The van der Waals surface area contributed by atoms with Gasteiger partial charge in [-0.2, -0.15) is 11.8 Å². The lowest BCUT2D eigenvalue weighted by atomic mass is 10.00. The largest absolute Gasteiger partial charge is 0.508 e. The Morgan fingerprint density at radius 1 is 0.806 bits per heavy atom. The van der Waals surface area contributed by atoms with E-state index in [-0.39, 0.29) is 69.2 Å². The van der Waals surface area contributed by atoms with Gasteiger partial charge in [-0.05, 0) is 67.7 Å². The number of nitrogens with one attached hydrogen (secondary N) is 8. The number of hydrogen-bond acceptors (Lipinski definition) is 13. The van der Waals surface area contributed by atoms with Crippen LogP contribution < -0.4 is 48.7 Å². The Hall–Kier alpha value is -7.21. The molecule has 2 aromatic carbocycles. The van der Waals surface area contributed by atoms with Crippen LogP contribution in [0.1, 0.15) is 63.3 Å². The minimum absolute atomic E-state index is 0.0146. The number of nitrogens with two attached hydrogens (primary N) is 2. The van der Waals surface area contributed by atoms with Gasteiger partial charge in [0.15, 0.2) is 5.96 Å². The predicted molar refractivity (Wildman–Crippen MR) is 270 cm³/mol. The number of carbonyl (C=O) groups excluding carboxylic acids is 7. The minimum Gasteiger partial charge on any atom is -0.508 e. The summed E-state index contributed by atoms with van der Waals surface area (Å²) in [6, 6.07) is 6.24. The summed E-state index contributed by atoms with van der Waals surface area (Å²) < 4.78 is 0. The molecule has 0 aliphatic carbocycles. The number of amides is 7. The zero-order chi connectivity index (χ0) is 52.7. The number of aromatic nitrogens is 2. The molecular formula is C48H69N13O10S. The average Bonchev–Trinajstić information content (AvgIpc) is 4.06. The highest BCUT2D eigenvalue weighted by atomic mass is 32.2. The lowest BCUT2D eigenvalue weighted by molar-refractivity contribution is -0.145. The van der Waals surface area contributed by atoms with Gasteiger partial charge in [0.1, 0.15) is 48.0 Å². The second-order valence-electron chi connectivity index (χ2n) is 17.6. The molecule has 1 saturated heterocycles. The van der Waals surface area contributed by atoms with E-state index in [1.54, 1.807) is 63.4 Å². The van der Waals surface area contributed by atoms with Crippen LogP contribution in [0.5, 0.6) is 5.75 Å². The van der Waals surface area contributed by atoms with Gasteiger partial charge >= 0.3 is 5.97 Å². The van der Waals surface area contributed by atoms with E-state index in [1.165, 1.54) is 41.3 Å². The van der Waals surface area contributed by atoms with E-state index < -0.39 is 95.5 Å². The number of phenols is 1. The lowest BCUT2D eigenvalue weighted by Crippen LogP contribution is -2.61. The van der Waals surface area contributed by atoms with Gasteiger partial charge in [0.05, 0.1) is 12.9 Å². The number of phenolic OH excluding ortho intramolecular Hbond substituents is 1. The first-order chi connectivity index (χ1) is 34.4. The maximum atomic E-state index is 14.5. The molecule has 2 heterocycles. The summed E-state index contributed by atoms with van der Waals surface area (Å²) in [5.41, 5.74) is 12.6. The zero-order valence-electron chi connectivity index (χ0n) is 41.0. The number of hydrogen-bond donors (Lipinski definition) is 12. The third-order valence-electron chi connectivity index (χ3n) is 11.6. The van der Waals surface area contributed by atoms with E-state index in [4.69, 9.17) is 11.5 Å². The van der Waals surface area contributed by atoms with Crippen LogP contribution in [-0.2, 0) is 57.6 Å². The van der Waals surface area contributed by atoms with Gasteiger partial charge in [0.2, 0.25) is 41.4 Å². The molecule has 0 bridgehead atoms. The number of carboxylic acid groups (broad SMARTS) is 1. The summed E-state index contributed by atoms with van der Waals surface area (Å²) in [5, 5.41) is 39.0. The summed E-state index contributed by atoms with van der Waals surface area (Å²) >= 11 is 1.33. The van der Waals surface area contributed by atoms with Crippen LogP contribution in [0.4, 0.5) is 0 Å². The molecule has 0 radical (unpaired) electrons. The van der Waals surface area contributed by atoms with Crippen LogP contribution >= 0.6 is 11.8 Å². The number of H-pyrrole nitrogens is 1. The van der Waals surface area contributed by atoms with Crippen molar-refractivity contribution in [2.45, 2.75) is 108 Å². The Labute approximate surface area is 422 Å². The van der Waals surface area contributed by atoms with Crippen LogP contribution in [-0.4, -0.2) is 159 Å². The smallest absolute Gasteiger partial charge is 0.326 e. The normalized spacial score (nSPS) is 15.7. The number of thioether (sulfide) groups is 1. The second kappa shape index (κ2) is 29.2. The number of aliphatic carboxylic acids is 1. The molecule has 14 N–H and O–H groups in total. The summed E-state index contributed by atoms with van der Waals surface area (Å²) in [7, 11) is 1.57. The fourth-order valence-corrected chi connectivity index (χ4v) is 8.61. The molecule has 1 aliphatic rings. The van der Waals surface area contributed by atoms with E-state index in [0.29, 0.717) is 35.4 Å². The van der Waals surface area contributed by atoms with Crippen molar-refractivity contribution in [2.75, 3.05) is 38.2 Å². The summed E-state index contributed by atoms with van der Waals surface area (Å²) in [6.07, 6.45) is 3.81. The molecule has 23 nitrogen and oxygen atoms in total. The van der Waals surface area contributed by atoms with Crippen LogP contribution in [0.3, 0.4) is 0 Å². The van der Waals surface area contributed by atoms with Crippen molar-refractivity contribution in [1.29, 1.82) is 0 Å². The van der Waals surface area contributed by atoms with Crippen LogP contribution in [0.25, 0.3) is 0 Å². The van der Waals surface area contributed by atoms with Crippen LogP contribution in [0.15, 0.2) is 72.1 Å². The molecule has 0 saturated carbocycles. The fourth-order valence-electron chi connectivity index (χ4n) is 7.91. The van der Waals surface area contributed by atoms with Crippen molar-refractivity contribution in [3.8, 4) is 5.75 Å². The molecule has 392 valence electrons. The molecule has 0 unspecified atom stereocenters. The van der Waals surface area contributed by atoms with E-state index in [1.807, 2.05) is 6.92 Å².